The summed E-state index contributed by atoms with van der Waals surface area (Å²) in [6.07, 6.45) is 0. The number of aromatic nitrogens is 4. The van der Waals surface area contributed by atoms with Crippen molar-refractivity contribution in [3.8, 4) is 10.4 Å². The van der Waals surface area contributed by atoms with Gasteiger partial charge in [0.05, 0.1) is 29.4 Å². The molecule has 0 fully saturated rings. The van der Waals surface area contributed by atoms with E-state index >= 15 is 0 Å². The van der Waals surface area contributed by atoms with Crippen molar-refractivity contribution in [2.24, 2.45) is 0 Å². The van der Waals surface area contributed by atoms with Crippen molar-refractivity contribution in [3.63, 3.8) is 0 Å². The summed E-state index contributed by atoms with van der Waals surface area (Å²) in [5, 5.41) is 1.17. The van der Waals surface area contributed by atoms with Crippen LogP contribution in [0.15, 0.2) is 70.3 Å². The Morgan fingerprint density at radius 1 is 0.848 bits per heavy atom. The largest absolute Gasteiger partial charge is 0.309 e. The van der Waals surface area contributed by atoms with E-state index in [0.29, 0.717) is 45.9 Å². The van der Waals surface area contributed by atoms with Gasteiger partial charge in [0.1, 0.15) is 16.5 Å². The maximum atomic E-state index is 12.8. The molecule has 0 bridgehead atoms. The Labute approximate surface area is 193 Å². The van der Waals surface area contributed by atoms with Crippen LogP contribution in [0.25, 0.3) is 31.6 Å². The molecule has 33 heavy (non-hydrogen) atoms. The van der Waals surface area contributed by atoms with Crippen LogP contribution in [0.3, 0.4) is 0 Å². The maximum Gasteiger partial charge on any atom is 0.259 e. The summed E-state index contributed by atoms with van der Waals surface area (Å²) < 4.78 is 0. The van der Waals surface area contributed by atoms with Gasteiger partial charge in [-0.3, -0.25) is 14.5 Å². The van der Waals surface area contributed by atoms with Crippen molar-refractivity contribution >= 4 is 32.5 Å². The van der Waals surface area contributed by atoms with Gasteiger partial charge in [0, 0.05) is 10.9 Å². The quantitative estimate of drug-likeness (QED) is 0.396. The molecule has 0 unspecified atom stereocenters. The minimum atomic E-state index is -0.153. The molecule has 0 atom stereocenters. The van der Waals surface area contributed by atoms with Crippen LogP contribution in [0.2, 0.25) is 0 Å². The van der Waals surface area contributed by atoms with Gasteiger partial charge in [-0.05, 0) is 37.6 Å². The highest BCUT2D eigenvalue weighted by Gasteiger charge is 2.17. The van der Waals surface area contributed by atoms with Gasteiger partial charge in [-0.1, -0.05) is 42.5 Å². The number of fused-ring (bicyclic) bond motifs is 2. The van der Waals surface area contributed by atoms with Crippen LogP contribution in [-0.2, 0) is 13.1 Å². The Morgan fingerprint density at radius 3 is 2.21 bits per heavy atom. The number of H-pyrrole nitrogens is 2. The lowest BCUT2D eigenvalue weighted by molar-refractivity contribution is 0.193. The van der Waals surface area contributed by atoms with Gasteiger partial charge in [0.15, 0.2) is 0 Å². The Bertz CT molecular complexity index is 1550. The summed E-state index contributed by atoms with van der Waals surface area (Å²) in [5.74, 6) is 1.17. The van der Waals surface area contributed by atoms with Gasteiger partial charge in [0.2, 0.25) is 0 Å². The highest BCUT2D eigenvalue weighted by molar-refractivity contribution is 7.21. The topological polar surface area (TPSA) is 94.7 Å². The van der Waals surface area contributed by atoms with Crippen LogP contribution in [0.1, 0.15) is 25.5 Å². The molecule has 8 heteroatoms. The molecule has 0 spiro atoms. The van der Waals surface area contributed by atoms with Gasteiger partial charge < -0.3 is 9.97 Å². The number of benzene rings is 2. The minimum Gasteiger partial charge on any atom is -0.309 e. The second-order valence-corrected chi connectivity index (χ2v) is 9.27. The zero-order valence-corrected chi connectivity index (χ0v) is 19.1. The predicted octanol–water partition coefficient (Wildman–Crippen LogP) is 4.30. The lowest BCUT2D eigenvalue weighted by Crippen LogP contribution is -2.32. The summed E-state index contributed by atoms with van der Waals surface area (Å²) in [5.41, 5.74) is 1.44. The van der Waals surface area contributed by atoms with Gasteiger partial charge in [-0.15, -0.1) is 11.3 Å². The molecule has 3 aromatic heterocycles. The fourth-order valence-corrected chi connectivity index (χ4v) is 4.87. The highest BCUT2D eigenvalue weighted by Crippen LogP contribution is 2.30. The fraction of sp³-hybridized carbons (Fsp3) is 0.200. The predicted molar refractivity (Wildman–Crippen MR) is 132 cm³/mol. The van der Waals surface area contributed by atoms with E-state index in [9.17, 15) is 9.59 Å². The fourth-order valence-electron chi connectivity index (χ4n) is 3.81. The molecule has 0 aliphatic carbocycles. The Morgan fingerprint density at radius 2 is 1.48 bits per heavy atom. The number of thiophene rings is 1. The Kier molecular flexibility index (Phi) is 5.62. The number of rotatable bonds is 6. The van der Waals surface area contributed by atoms with E-state index < -0.39 is 0 Å². The molecular formula is C25H23N5O2S. The number of aromatic amines is 2. The molecule has 0 aliphatic heterocycles. The molecule has 0 saturated carbocycles. The summed E-state index contributed by atoms with van der Waals surface area (Å²) in [6.45, 7) is 4.99. The summed E-state index contributed by atoms with van der Waals surface area (Å²) in [4.78, 5) is 44.2. The molecular weight excluding hydrogens is 434 g/mol. The number of nitrogens with one attached hydrogen (secondary N) is 2. The molecule has 5 aromatic rings. The SMILES string of the molecule is CC(C)N(Cc1nc2ccccc2c(=O)[nH]1)Cc1nc2sc(-c3ccccc3)cc2c(=O)[nH]1. The van der Waals surface area contributed by atoms with E-state index in [1.807, 2.05) is 54.6 Å². The van der Waals surface area contributed by atoms with E-state index in [2.05, 4.69) is 33.7 Å². The first-order valence-corrected chi connectivity index (χ1v) is 11.6. The molecule has 7 nitrogen and oxygen atoms in total. The summed E-state index contributed by atoms with van der Waals surface area (Å²) in [6, 6.07) is 19.3. The van der Waals surface area contributed by atoms with Crippen molar-refractivity contribution in [1.29, 1.82) is 0 Å². The third-order valence-electron chi connectivity index (χ3n) is 5.61. The molecule has 0 aliphatic rings. The number of para-hydroxylation sites is 1. The van der Waals surface area contributed by atoms with Crippen molar-refractivity contribution in [2.45, 2.75) is 33.0 Å². The van der Waals surface area contributed by atoms with Crippen molar-refractivity contribution in [1.82, 2.24) is 24.8 Å². The average molecular weight is 458 g/mol. The third-order valence-corrected chi connectivity index (χ3v) is 6.69. The zero-order valence-electron chi connectivity index (χ0n) is 18.3. The first-order chi connectivity index (χ1) is 16.0. The second-order valence-electron chi connectivity index (χ2n) is 8.24. The van der Waals surface area contributed by atoms with Gasteiger partial charge >= 0.3 is 0 Å². The van der Waals surface area contributed by atoms with Gasteiger partial charge in [0.25, 0.3) is 11.1 Å². The zero-order chi connectivity index (χ0) is 22.9. The minimum absolute atomic E-state index is 0.144. The molecule has 2 N–H and O–H groups in total. The van der Waals surface area contributed by atoms with Crippen molar-refractivity contribution in [2.75, 3.05) is 0 Å². The van der Waals surface area contributed by atoms with Crippen LogP contribution < -0.4 is 11.1 Å². The first-order valence-electron chi connectivity index (χ1n) is 10.8. The van der Waals surface area contributed by atoms with E-state index in [4.69, 9.17) is 4.98 Å². The molecule has 166 valence electrons. The summed E-state index contributed by atoms with van der Waals surface area (Å²) in [7, 11) is 0. The first kappa shape index (κ1) is 21.2. The highest BCUT2D eigenvalue weighted by atomic mass is 32.1. The van der Waals surface area contributed by atoms with E-state index in [-0.39, 0.29) is 17.2 Å². The van der Waals surface area contributed by atoms with Crippen LogP contribution in [0.4, 0.5) is 0 Å². The monoisotopic (exact) mass is 457 g/mol. The average Bonchev–Trinajstić information content (AvgIpc) is 3.24. The maximum absolute atomic E-state index is 12.8. The molecule has 0 saturated heterocycles. The lowest BCUT2D eigenvalue weighted by Gasteiger charge is -2.25. The van der Waals surface area contributed by atoms with Crippen LogP contribution in [0, 0.1) is 0 Å². The molecule has 3 heterocycles. The molecule has 2 aromatic carbocycles. The third kappa shape index (κ3) is 4.35. The lowest BCUT2D eigenvalue weighted by atomic mass is 10.2. The standard InChI is InChI=1S/C25H23N5O2S/c1-15(2)30(13-21-26-19-11-7-6-10-17(19)23(31)27-21)14-22-28-24(32)18-12-20(33-25(18)29-22)16-8-4-3-5-9-16/h3-12,15H,13-14H2,1-2H3,(H,26,27,31)(H,28,29,32). The van der Waals surface area contributed by atoms with E-state index in [1.165, 1.54) is 11.3 Å². The van der Waals surface area contributed by atoms with Crippen LogP contribution >= 0.6 is 11.3 Å². The number of hydrogen-bond acceptors (Lipinski definition) is 6. The van der Waals surface area contributed by atoms with Crippen LogP contribution in [-0.4, -0.2) is 30.9 Å². The molecule has 5 rings (SSSR count). The van der Waals surface area contributed by atoms with Crippen LogP contribution in [0.5, 0.6) is 0 Å². The van der Waals surface area contributed by atoms with Gasteiger partial charge in [-0.25, -0.2) is 9.97 Å². The molecule has 0 amide bonds. The molecule has 0 radical (unpaired) electrons. The Hall–Kier alpha value is -3.62. The summed E-state index contributed by atoms with van der Waals surface area (Å²) >= 11 is 1.51. The normalized spacial score (nSPS) is 11.8. The van der Waals surface area contributed by atoms with Gasteiger partial charge in [-0.2, -0.15) is 0 Å². The van der Waals surface area contributed by atoms with E-state index in [0.717, 1.165) is 10.4 Å². The number of nitrogens with zero attached hydrogens (tertiary/aromatic N) is 3. The Balaban J connectivity index is 1.45. The smallest absolute Gasteiger partial charge is 0.259 e. The van der Waals surface area contributed by atoms with E-state index in [1.54, 1.807) is 6.07 Å². The van der Waals surface area contributed by atoms with Crippen molar-refractivity contribution < 1.29 is 0 Å². The van der Waals surface area contributed by atoms with Crippen molar-refractivity contribution in [3.05, 3.63) is 93.0 Å². The number of hydrogen-bond donors (Lipinski definition) is 2. The second kappa shape index (κ2) is 8.73.